The number of piperidine rings is 1. The van der Waals surface area contributed by atoms with E-state index in [1.165, 1.54) is 18.9 Å². The van der Waals surface area contributed by atoms with Crippen LogP contribution in [0.25, 0.3) is 0 Å². The van der Waals surface area contributed by atoms with E-state index >= 15 is 0 Å². The zero-order valence-electron chi connectivity index (χ0n) is 9.83. The van der Waals surface area contributed by atoms with Gasteiger partial charge in [-0.25, -0.2) is 4.39 Å². The molecule has 94 valence electrons. The second-order valence-corrected chi connectivity index (χ2v) is 5.04. The van der Waals surface area contributed by atoms with Gasteiger partial charge in [0, 0.05) is 18.8 Å². The maximum atomic E-state index is 13.1. The molecule has 4 heteroatoms. The molecule has 1 aromatic carbocycles. The highest BCUT2D eigenvalue weighted by Gasteiger charge is 2.19. The van der Waals surface area contributed by atoms with Crippen LogP contribution < -0.4 is 10.6 Å². The van der Waals surface area contributed by atoms with Crippen molar-refractivity contribution in [2.24, 2.45) is 11.7 Å². The van der Waals surface area contributed by atoms with Crippen LogP contribution in [0.3, 0.4) is 0 Å². The van der Waals surface area contributed by atoms with Gasteiger partial charge in [0.05, 0.1) is 5.02 Å². The van der Waals surface area contributed by atoms with E-state index in [1.54, 1.807) is 12.1 Å². The molecule has 0 aromatic heterocycles. The van der Waals surface area contributed by atoms with Crippen LogP contribution in [0.1, 0.15) is 19.3 Å². The highest BCUT2D eigenvalue weighted by atomic mass is 35.5. The number of halogens is 2. The minimum Gasteiger partial charge on any atom is -0.371 e. The Balaban J connectivity index is 2.08. The van der Waals surface area contributed by atoms with Crippen molar-refractivity contribution >= 4 is 17.3 Å². The average molecular weight is 257 g/mol. The fourth-order valence-corrected chi connectivity index (χ4v) is 2.63. The molecule has 0 saturated carbocycles. The SMILES string of the molecule is NCCC1CCCN(c2ccc(F)c(Cl)c2)C1. The summed E-state index contributed by atoms with van der Waals surface area (Å²) in [5, 5.41) is 0.198. The summed E-state index contributed by atoms with van der Waals surface area (Å²) in [4.78, 5) is 2.27. The average Bonchev–Trinajstić information content (AvgIpc) is 2.33. The Morgan fingerprint density at radius 3 is 3.00 bits per heavy atom. The zero-order chi connectivity index (χ0) is 12.3. The molecule has 1 aliphatic heterocycles. The fourth-order valence-electron chi connectivity index (χ4n) is 2.45. The lowest BCUT2D eigenvalue weighted by Gasteiger charge is -2.34. The van der Waals surface area contributed by atoms with Crippen LogP contribution >= 0.6 is 11.6 Å². The van der Waals surface area contributed by atoms with Gasteiger partial charge in [0.25, 0.3) is 0 Å². The summed E-state index contributed by atoms with van der Waals surface area (Å²) in [7, 11) is 0. The van der Waals surface area contributed by atoms with Crippen molar-refractivity contribution in [1.82, 2.24) is 0 Å². The quantitative estimate of drug-likeness (QED) is 0.901. The van der Waals surface area contributed by atoms with E-state index in [0.717, 1.165) is 31.7 Å². The maximum Gasteiger partial charge on any atom is 0.141 e. The topological polar surface area (TPSA) is 29.3 Å². The second-order valence-electron chi connectivity index (χ2n) is 4.63. The van der Waals surface area contributed by atoms with Crippen LogP contribution in [0.2, 0.25) is 5.02 Å². The Morgan fingerprint density at radius 1 is 1.47 bits per heavy atom. The fraction of sp³-hybridized carbons (Fsp3) is 0.538. The van der Waals surface area contributed by atoms with Crippen molar-refractivity contribution < 1.29 is 4.39 Å². The van der Waals surface area contributed by atoms with E-state index in [2.05, 4.69) is 4.90 Å². The largest absolute Gasteiger partial charge is 0.371 e. The summed E-state index contributed by atoms with van der Waals surface area (Å²) in [6, 6.07) is 4.94. The first-order valence-corrected chi connectivity index (χ1v) is 6.48. The predicted molar refractivity (Wildman–Crippen MR) is 70.0 cm³/mol. The van der Waals surface area contributed by atoms with Crippen molar-refractivity contribution in [3.8, 4) is 0 Å². The molecule has 1 heterocycles. The van der Waals surface area contributed by atoms with E-state index in [1.807, 2.05) is 0 Å². The van der Waals surface area contributed by atoms with Gasteiger partial charge >= 0.3 is 0 Å². The zero-order valence-corrected chi connectivity index (χ0v) is 10.6. The van der Waals surface area contributed by atoms with Gasteiger partial charge in [-0.1, -0.05) is 11.6 Å². The first-order chi connectivity index (χ1) is 8.20. The summed E-state index contributed by atoms with van der Waals surface area (Å²) in [6.45, 7) is 2.75. The molecule has 2 nitrogen and oxygen atoms in total. The van der Waals surface area contributed by atoms with Gasteiger partial charge in [0.2, 0.25) is 0 Å². The third kappa shape index (κ3) is 3.11. The first kappa shape index (κ1) is 12.7. The molecule has 17 heavy (non-hydrogen) atoms. The highest BCUT2D eigenvalue weighted by molar-refractivity contribution is 6.31. The Morgan fingerprint density at radius 2 is 2.29 bits per heavy atom. The van der Waals surface area contributed by atoms with Gasteiger partial charge in [-0.05, 0) is 49.9 Å². The van der Waals surface area contributed by atoms with Crippen molar-refractivity contribution in [1.29, 1.82) is 0 Å². The minimum absolute atomic E-state index is 0.198. The Labute approximate surface area is 107 Å². The van der Waals surface area contributed by atoms with E-state index < -0.39 is 0 Å². The summed E-state index contributed by atoms with van der Waals surface area (Å²) >= 11 is 5.81. The normalized spacial score (nSPS) is 20.6. The molecule has 1 fully saturated rings. The molecule has 1 aliphatic rings. The second kappa shape index (κ2) is 5.69. The Hall–Kier alpha value is -0.800. The molecule has 1 aromatic rings. The van der Waals surface area contributed by atoms with Crippen molar-refractivity contribution in [2.45, 2.75) is 19.3 Å². The van der Waals surface area contributed by atoms with Crippen molar-refractivity contribution in [3.05, 3.63) is 29.0 Å². The number of benzene rings is 1. The molecule has 0 bridgehead atoms. The number of nitrogens with zero attached hydrogens (tertiary/aromatic N) is 1. The number of hydrogen-bond acceptors (Lipinski definition) is 2. The molecule has 0 radical (unpaired) electrons. The molecule has 2 N–H and O–H groups in total. The molecule has 1 saturated heterocycles. The number of rotatable bonds is 3. The summed E-state index contributed by atoms with van der Waals surface area (Å²) in [6.07, 6.45) is 3.47. The first-order valence-electron chi connectivity index (χ1n) is 6.11. The lowest BCUT2D eigenvalue weighted by molar-refractivity contribution is 0.396. The Kier molecular flexibility index (Phi) is 4.24. The number of nitrogens with two attached hydrogens (primary N) is 1. The van der Waals surface area contributed by atoms with E-state index in [9.17, 15) is 4.39 Å². The van der Waals surface area contributed by atoms with Crippen LogP contribution in [0.4, 0.5) is 10.1 Å². The third-order valence-corrected chi connectivity index (χ3v) is 3.65. The standard InChI is InChI=1S/C13H18ClFN2/c14-12-8-11(3-4-13(12)15)17-7-1-2-10(9-17)5-6-16/h3-4,8,10H,1-2,5-7,9,16H2. The molecule has 1 atom stereocenters. The van der Waals surface area contributed by atoms with Gasteiger partial charge in [-0.2, -0.15) is 0 Å². The smallest absolute Gasteiger partial charge is 0.141 e. The molecule has 1 unspecified atom stereocenters. The van der Waals surface area contributed by atoms with Crippen molar-refractivity contribution in [2.75, 3.05) is 24.5 Å². The van der Waals surface area contributed by atoms with Gasteiger partial charge < -0.3 is 10.6 Å². The molecule has 0 spiro atoms. The molecular formula is C13H18ClFN2. The monoisotopic (exact) mass is 256 g/mol. The van der Waals surface area contributed by atoms with Gasteiger partial charge in [-0.15, -0.1) is 0 Å². The van der Waals surface area contributed by atoms with E-state index in [4.69, 9.17) is 17.3 Å². The van der Waals surface area contributed by atoms with Crippen LogP contribution in [-0.2, 0) is 0 Å². The highest BCUT2D eigenvalue weighted by Crippen LogP contribution is 2.27. The van der Waals surface area contributed by atoms with Crippen LogP contribution in [0.15, 0.2) is 18.2 Å². The van der Waals surface area contributed by atoms with Crippen LogP contribution in [0.5, 0.6) is 0 Å². The van der Waals surface area contributed by atoms with Crippen molar-refractivity contribution in [3.63, 3.8) is 0 Å². The molecular weight excluding hydrogens is 239 g/mol. The summed E-state index contributed by atoms with van der Waals surface area (Å²) in [5.41, 5.74) is 6.61. The maximum absolute atomic E-state index is 13.1. The van der Waals surface area contributed by atoms with Crippen LogP contribution in [0, 0.1) is 11.7 Å². The molecule has 0 aliphatic carbocycles. The lowest BCUT2D eigenvalue weighted by atomic mass is 9.94. The Bertz CT molecular complexity index is 382. The van der Waals surface area contributed by atoms with E-state index in [-0.39, 0.29) is 10.8 Å². The van der Waals surface area contributed by atoms with Gasteiger partial charge in [-0.3, -0.25) is 0 Å². The minimum atomic E-state index is -0.356. The number of hydrogen-bond donors (Lipinski definition) is 1. The summed E-state index contributed by atoms with van der Waals surface area (Å²) < 4.78 is 13.1. The van der Waals surface area contributed by atoms with Gasteiger partial charge in [0.15, 0.2) is 0 Å². The third-order valence-electron chi connectivity index (χ3n) is 3.36. The number of anilines is 1. The molecule has 2 rings (SSSR count). The molecule has 0 amide bonds. The van der Waals surface area contributed by atoms with Gasteiger partial charge in [0.1, 0.15) is 5.82 Å². The summed E-state index contributed by atoms with van der Waals surface area (Å²) in [5.74, 6) is 0.295. The predicted octanol–water partition coefficient (Wildman–Crippen LogP) is 3.04. The van der Waals surface area contributed by atoms with Crippen LogP contribution in [-0.4, -0.2) is 19.6 Å². The lowest BCUT2D eigenvalue weighted by Crippen LogP contribution is -2.36. The van der Waals surface area contributed by atoms with E-state index in [0.29, 0.717) is 5.92 Å².